The zero-order valence-corrected chi connectivity index (χ0v) is 21.9. The summed E-state index contributed by atoms with van der Waals surface area (Å²) in [7, 11) is 0. The fourth-order valence-corrected chi connectivity index (χ4v) is 7.44. The van der Waals surface area contributed by atoms with Gasteiger partial charge in [0, 0.05) is 27.9 Å². The SMILES string of the molecule is O=C(CC[C@H](NC(=O)C1Nc2ccccc2C1=O)C(=O)O)c1cc2cc(CCC3CCNCC3)sc2s1. The molecule has 5 rings (SSSR count). The van der Waals surface area contributed by atoms with E-state index in [4.69, 9.17) is 0 Å². The molecule has 37 heavy (non-hydrogen) atoms. The van der Waals surface area contributed by atoms with Gasteiger partial charge in [0.2, 0.25) is 0 Å². The predicted octanol–water partition coefficient (Wildman–Crippen LogP) is 4.10. The number of carbonyl (C=O) groups excluding carboxylic acids is 3. The highest BCUT2D eigenvalue weighted by Crippen LogP contribution is 2.35. The van der Waals surface area contributed by atoms with Crippen molar-refractivity contribution in [2.75, 3.05) is 18.4 Å². The van der Waals surface area contributed by atoms with E-state index in [1.165, 1.54) is 35.5 Å². The highest BCUT2D eigenvalue weighted by atomic mass is 32.2. The van der Waals surface area contributed by atoms with E-state index >= 15 is 0 Å². The second-order valence-electron chi connectivity index (χ2n) is 9.65. The van der Waals surface area contributed by atoms with E-state index in [2.05, 4.69) is 22.0 Å². The van der Waals surface area contributed by atoms with Crippen LogP contribution in [0.4, 0.5) is 5.69 Å². The van der Waals surface area contributed by atoms with Crippen molar-refractivity contribution in [3.05, 3.63) is 51.7 Å². The molecular weight excluding hydrogens is 510 g/mol. The lowest BCUT2D eigenvalue weighted by Crippen LogP contribution is -2.49. The topological polar surface area (TPSA) is 125 Å². The van der Waals surface area contributed by atoms with Gasteiger partial charge < -0.3 is 21.1 Å². The van der Waals surface area contributed by atoms with Crippen LogP contribution >= 0.6 is 22.7 Å². The first-order valence-electron chi connectivity index (χ1n) is 12.6. The van der Waals surface area contributed by atoms with E-state index in [1.54, 1.807) is 35.6 Å². The summed E-state index contributed by atoms with van der Waals surface area (Å²) >= 11 is 3.18. The Kier molecular flexibility index (Phi) is 7.68. The smallest absolute Gasteiger partial charge is 0.326 e. The molecule has 1 amide bonds. The molecule has 1 saturated heterocycles. The number of nitrogens with one attached hydrogen (secondary N) is 3. The minimum Gasteiger partial charge on any atom is -0.480 e. The molecule has 2 aliphatic heterocycles. The molecular formula is C27H29N3O5S2. The second kappa shape index (κ2) is 11.1. The van der Waals surface area contributed by atoms with E-state index in [9.17, 15) is 24.3 Å². The van der Waals surface area contributed by atoms with Crippen LogP contribution in [0.1, 0.15) is 57.0 Å². The summed E-state index contributed by atoms with van der Waals surface area (Å²) in [6.45, 7) is 2.21. The molecule has 2 aromatic heterocycles. The van der Waals surface area contributed by atoms with Crippen molar-refractivity contribution >= 4 is 61.2 Å². The van der Waals surface area contributed by atoms with Gasteiger partial charge in [0.05, 0.1) is 8.89 Å². The van der Waals surface area contributed by atoms with Gasteiger partial charge in [-0.25, -0.2) is 4.79 Å². The number of thiophene rings is 2. The fraction of sp³-hybridized carbons (Fsp3) is 0.407. The molecule has 0 spiro atoms. The minimum absolute atomic E-state index is 0.0140. The first kappa shape index (κ1) is 25.6. The Morgan fingerprint density at radius 3 is 2.62 bits per heavy atom. The number of amides is 1. The normalized spacial score (nSPS) is 18.4. The summed E-state index contributed by atoms with van der Waals surface area (Å²) in [6, 6.07) is 8.37. The molecule has 3 aromatic rings. The first-order valence-corrected chi connectivity index (χ1v) is 14.2. The van der Waals surface area contributed by atoms with Crippen LogP contribution in [-0.2, 0) is 16.0 Å². The van der Waals surface area contributed by atoms with Gasteiger partial charge in [0.1, 0.15) is 6.04 Å². The van der Waals surface area contributed by atoms with Crippen LogP contribution in [0.15, 0.2) is 36.4 Å². The highest BCUT2D eigenvalue weighted by Gasteiger charge is 2.37. The maximum Gasteiger partial charge on any atom is 0.326 e. The summed E-state index contributed by atoms with van der Waals surface area (Å²) in [5.41, 5.74) is 0.943. The zero-order chi connectivity index (χ0) is 25.9. The number of ketones is 2. The van der Waals surface area contributed by atoms with E-state index in [1.807, 2.05) is 6.07 Å². The minimum atomic E-state index is -1.27. The number of fused-ring (bicyclic) bond motifs is 2. The van der Waals surface area contributed by atoms with E-state index in [0.717, 1.165) is 34.8 Å². The van der Waals surface area contributed by atoms with Gasteiger partial charge in [-0.1, -0.05) is 12.1 Å². The van der Waals surface area contributed by atoms with Gasteiger partial charge >= 0.3 is 5.97 Å². The van der Waals surface area contributed by atoms with Crippen LogP contribution in [0.25, 0.3) is 9.40 Å². The Hall–Kier alpha value is -3.08. The average Bonchev–Trinajstić information content (AvgIpc) is 3.57. The molecule has 0 saturated carbocycles. The number of aryl methyl sites for hydroxylation is 1. The average molecular weight is 540 g/mol. The van der Waals surface area contributed by atoms with Crippen LogP contribution in [0, 0.1) is 5.92 Å². The number of carboxylic acids is 1. The van der Waals surface area contributed by atoms with Gasteiger partial charge in [0.15, 0.2) is 17.6 Å². The Bertz CT molecular complexity index is 1310. The van der Waals surface area contributed by atoms with Crippen molar-refractivity contribution in [1.29, 1.82) is 0 Å². The molecule has 1 fully saturated rings. The molecule has 0 radical (unpaired) electrons. The number of para-hydroxylation sites is 1. The van der Waals surface area contributed by atoms with E-state index in [0.29, 0.717) is 16.1 Å². The molecule has 2 aliphatic rings. The molecule has 1 unspecified atom stereocenters. The van der Waals surface area contributed by atoms with Gasteiger partial charge in [-0.15, -0.1) is 22.7 Å². The first-order chi connectivity index (χ1) is 17.9. The molecule has 4 heterocycles. The maximum atomic E-state index is 12.8. The van der Waals surface area contributed by atoms with Gasteiger partial charge in [0.25, 0.3) is 5.91 Å². The Labute approximate surface area is 222 Å². The van der Waals surface area contributed by atoms with Crippen LogP contribution < -0.4 is 16.0 Å². The Balaban J connectivity index is 1.15. The van der Waals surface area contributed by atoms with Crippen molar-refractivity contribution in [1.82, 2.24) is 10.6 Å². The van der Waals surface area contributed by atoms with Crippen LogP contribution in [0.2, 0.25) is 0 Å². The number of rotatable bonds is 10. The quantitative estimate of drug-likeness (QED) is 0.226. The molecule has 1 aromatic carbocycles. The van der Waals surface area contributed by atoms with Crippen molar-refractivity contribution in [3.8, 4) is 0 Å². The number of aliphatic carboxylic acids is 1. The van der Waals surface area contributed by atoms with E-state index in [-0.39, 0.29) is 18.6 Å². The second-order valence-corrected chi connectivity index (χ2v) is 12.1. The third-order valence-corrected chi connectivity index (χ3v) is 9.58. The van der Waals surface area contributed by atoms with Crippen molar-refractivity contribution in [3.63, 3.8) is 0 Å². The molecule has 8 nitrogen and oxygen atoms in total. The van der Waals surface area contributed by atoms with Gasteiger partial charge in [-0.2, -0.15) is 0 Å². The van der Waals surface area contributed by atoms with Crippen LogP contribution in [0.3, 0.4) is 0 Å². The summed E-state index contributed by atoms with van der Waals surface area (Å²) in [5, 5.41) is 19.3. The molecule has 194 valence electrons. The third-order valence-electron chi connectivity index (χ3n) is 7.09. The van der Waals surface area contributed by atoms with Gasteiger partial charge in [-0.3, -0.25) is 14.4 Å². The molecule has 0 aliphatic carbocycles. The largest absolute Gasteiger partial charge is 0.480 e. The number of carbonyl (C=O) groups is 4. The van der Waals surface area contributed by atoms with Crippen molar-refractivity contribution in [2.24, 2.45) is 5.92 Å². The number of hydrogen-bond donors (Lipinski definition) is 4. The predicted molar refractivity (Wildman–Crippen MR) is 145 cm³/mol. The van der Waals surface area contributed by atoms with Crippen LogP contribution in [0.5, 0.6) is 0 Å². The number of carboxylic acid groups (broad SMARTS) is 1. The molecule has 0 bridgehead atoms. The monoisotopic (exact) mass is 539 g/mol. The number of anilines is 1. The Morgan fingerprint density at radius 2 is 1.89 bits per heavy atom. The number of hydrogen-bond acceptors (Lipinski definition) is 8. The standard InChI is InChI=1S/C27H29N3O5S2/c31-21(22-14-16-13-17(36-27(16)37-22)6-5-15-9-11-28-12-10-15)8-7-20(26(34)35)30-25(33)23-24(32)18-3-1-2-4-19(18)29-23/h1-4,13-15,20,23,28-29H,5-12H2,(H,30,33)(H,34,35)/t20-,23?/m0/s1. The lowest BCUT2D eigenvalue weighted by molar-refractivity contribution is -0.141. The number of Topliss-reactive ketones (excluding diaryl/α,β-unsaturated/α-hetero) is 2. The lowest BCUT2D eigenvalue weighted by atomic mass is 9.93. The maximum absolute atomic E-state index is 12.8. The summed E-state index contributed by atoms with van der Waals surface area (Å²) in [4.78, 5) is 51.8. The van der Waals surface area contributed by atoms with Crippen molar-refractivity contribution < 1.29 is 24.3 Å². The number of piperidine rings is 1. The lowest BCUT2D eigenvalue weighted by Gasteiger charge is -2.22. The van der Waals surface area contributed by atoms with E-state index < -0.39 is 29.7 Å². The molecule has 4 N–H and O–H groups in total. The third kappa shape index (κ3) is 5.76. The molecule has 10 heteroatoms. The fourth-order valence-electron chi connectivity index (χ4n) is 4.96. The summed E-state index contributed by atoms with van der Waals surface area (Å²) in [5.74, 6) is -1.72. The van der Waals surface area contributed by atoms with Crippen molar-refractivity contribution in [2.45, 2.75) is 50.6 Å². The summed E-state index contributed by atoms with van der Waals surface area (Å²) < 4.78 is 1.11. The zero-order valence-electron chi connectivity index (χ0n) is 20.2. The van der Waals surface area contributed by atoms with Crippen LogP contribution in [-0.4, -0.2) is 53.7 Å². The Morgan fingerprint density at radius 1 is 1.11 bits per heavy atom. The summed E-state index contributed by atoms with van der Waals surface area (Å²) in [6.07, 6.45) is 4.65. The highest BCUT2D eigenvalue weighted by molar-refractivity contribution is 7.39. The molecule has 2 atom stereocenters. The van der Waals surface area contributed by atoms with Gasteiger partial charge in [-0.05, 0) is 75.4 Å². The number of benzene rings is 1.